The van der Waals surface area contributed by atoms with E-state index in [4.69, 9.17) is 16.3 Å². The second-order valence-electron chi connectivity index (χ2n) is 8.74. The number of nitrogens with one attached hydrogen (secondary N) is 1. The molecular formula is C26H28ClN3O3S. The highest BCUT2D eigenvalue weighted by molar-refractivity contribution is 7.92. The molecule has 0 amide bonds. The number of para-hydroxylation sites is 1. The second kappa shape index (κ2) is 9.39. The number of nitrogens with zero attached hydrogens (tertiary/aromatic N) is 2. The molecule has 178 valence electrons. The van der Waals surface area contributed by atoms with Gasteiger partial charge < -0.3 is 14.5 Å². The van der Waals surface area contributed by atoms with Gasteiger partial charge in [0.05, 0.1) is 34.1 Å². The van der Waals surface area contributed by atoms with E-state index < -0.39 is 10.0 Å². The van der Waals surface area contributed by atoms with E-state index in [2.05, 4.69) is 26.7 Å². The highest BCUT2D eigenvalue weighted by Gasteiger charge is 2.37. The van der Waals surface area contributed by atoms with Crippen LogP contribution in [0.5, 0.6) is 5.75 Å². The minimum atomic E-state index is -3.80. The summed E-state index contributed by atoms with van der Waals surface area (Å²) >= 11 is 6.19. The fraction of sp³-hybridized carbons (Fsp3) is 0.308. The van der Waals surface area contributed by atoms with E-state index in [1.165, 1.54) is 6.42 Å². The SMILES string of the molecule is COc1ccc(CN2c3cc(S(=O)(=O)Nc4ccccc4Cl)ccc3N3CCCCC[C@@H]32)cc1. The average molecular weight is 498 g/mol. The van der Waals surface area contributed by atoms with Crippen molar-refractivity contribution in [1.29, 1.82) is 0 Å². The first-order chi connectivity index (χ1) is 16.5. The van der Waals surface area contributed by atoms with Gasteiger partial charge in [0.2, 0.25) is 0 Å². The Morgan fingerprint density at radius 1 is 1.00 bits per heavy atom. The fourth-order valence-corrected chi connectivity index (χ4v) is 6.20. The zero-order valence-electron chi connectivity index (χ0n) is 19.1. The monoisotopic (exact) mass is 497 g/mol. The number of rotatable bonds is 6. The molecule has 1 saturated heterocycles. The Morgan fingerprint density at radius 2 is 1.79 bits per heavy atom. The summed E-state index contributed by atoms with van der Waals surface area (Å²) in [6.07, 6.45) is 4.78. The zero-order valence-corrected chi connectivity index (χ0v) is 20.6. The van der Waals surface area contributed by atoms with Crippen LogP contribution in [0, 0.1) is 0 Å². The zero-order chi connectivity index (χ0) is 23.7. The van der Waals surface area contributed by atoms with E-state index in [1.807, 2.05) is 18.2 Å². The molecule has 34 heavy (non-hydrogen) atoms. The molecule has 0 aliphatic carbocycles. The van der Waals surface area contributed by atoms with E-state index in [1.54, 1.807) is 43.5 Å². The molecule has 0 spiro atoms. The predicted molar refractivity (Wildman–Crippen MR) is 137 cm³/mol. The molecule has 3 aromatic carbocycles. The number of ether oxygens (including phenoxy) is 1. The van der Waals surface area contributed by atoms with E-state index in [9.17, 15) is 8.42 Å². The van der Waals surface area contributed by atoms with Crippen molar-refractivity contribution in [3.63, 3.8) is 0 Å². The number of fused-ring (bicyclic) bond motifs is 3. The molecule has 1 N–H and O–H groups in total. The minimum Gasteiger partial charge on any atom is -0.497 e. The number of hydrogen-bond donors (Lipinski definition) is 1. The molecule has 2 heterocycles. The van der Waals surface area contributed by atoms with Gasteiger partial charge in [-0.05, 0) is 67.3 Å². The maximum atomic E-state index is 13.2. The Hall–Kier alpha value is -2.90. The van der Waals surface area contributed by atoms with Gasteiger partial charge in [0.15, 0.2) is 0 Å². The summed E-state index contributed by atoms with van der Waals surface area (Å²) in [5.74, 6) is 0.820. The standard InChI is InChI=1S/C26H28ClN3O3S/c1-33-20-12-10-19(11-13-20)18-30-25-17-21(34(31,32)28-23-8-5-4-7-22(23)27)14-15-24(25)29-16-6-2-3-9-26(29)30/h4-5,7-8,10-15,17,26,28H,2-3,6,9,16,18H2,1H3/t26-/m0/s1. The molecule has 1 atom stereocenters. The summed E-state index contributed by atoms with van der Waals surface area (Å²) in [7, 11) is -2.14. The maximum absolute atomic E-state index is 13.2. The third kappa shape index (κ3) is 4.42. The highest BCUT2D eigenvalue weighted by Crippen LogP contribution is 2.44. The highest BCUT2D eigenvalue weighted by atomic mass is 35.5. The van der Waals surface area contributed by atoms with Crippen molar-refractivity contribution in [2.45, 2.75) is 43.3 Å². The molecule has 0 radical (unpaired) electrons. The van der Waals surface area contributed by atoms with Crippen LogP contribution >= 0.6 is 11.6 Å². The van der Waals surface area contributed by atoms with Crippen molar-refractivity contribution in [2.75, 3.05) is 28.2 Å². The number of benzene rings is 3. The fourth-order valence-electron chi connectivity index (χ4n) is 4.87. The third-order valence-electron chi connectivity index (χ3n) is 6.59. The molecule has 2 aliphatic heterocycles. The van der Waals surface area contributed by atoms with Crippen molar-refractivity contribution in [3.05, 3.63) is 77.3 Å². The number of anilines is 3. The van der Waals surface area contributed by atoms with Crippen LogP contribution < -0.4 is 19.3 Å². The lowest BCUT2D eigenvalue weighted by Gasteiger charge is -2.31. The molecule has 0 saturated carbocycles. The summed E-state index contributed by atoms with van der Waals surface area (Å²) in [6.45, 7) is 1.67. The van der Waals surface area contributed by atoms with E-state index in [0.29, 0.717) is 17.3 Å². The molecule has 6 nitrogen and oxygen atoms in total. The van der Waals surface area contributed by atoms with Gasteiger partial charge in [0.1, 0.15) is 11.9 Å². The number of halogens is 1. The van der Waals surface area contributed by atoms with Crippen LogP contribution in [0.4, 0.5) is 17.1 Å². The van der Waals surface area contributed by atoms with E-state index in [-0.39, 0.29) is 11.1 Å². The minimum absolute atomic E-state index is 0.217. The number of sulfonamides is 1. The largest absolute Gasteiger partial charge is 0.497 e. The van der Waals surface area contributed by atoms with Gasteiger partial charge in [-0.15, -0.1) is 0 Å². The molecular weight excluding hydrogens is 470 g/mol. The topological polar surface area (TPSA) is 61.9 Å². The first-order valence-electron chi connectivity index (χ1n) is 11.5. The predicted octanol–water partition coefficient (Wildman–Crippen LogP) is 5.88. The summed E-state index contributed by atoms with van der Waals surface area (Å²) in [5.41, 5.74) is 3.57. The van der Waals surface area contributed by atoms with E-state index >= 15 is 0 Å². The summed E-state index contributed by atoms with van der Waals surface area (Å²) in [4.78, 5) is 5.00. The summed E-state index contributed by atoms with van der Waals surface area (Å²) in [6, 6.07) is 20.3. The van der Waals surface area contributed by atoms with Crippen molar-refractivity contribution >= 4 is 38.7 Å². The number of hydrogen-bond acceptors (Lipinski definition) is 5. The summed E-state index contributed by atoms with van der Waals surface area (Å²) < 4.78 is 34.4. The van der Waals surface area contributed by atoms with Crippen LogP contribution in [0.3, 0.4) is 0 Å². The lowest BCUT2D eigenvalue weighted by atomic mass is 10.1. The van der Waals surface area contributed by atoms with Gasteiger partial charge >= 0.3 is 0 Å². The lowest BCUT2D eigenvalue weighted by molar-refractivity contribution is 0.414. The Balaban J connectivity index is 1.51. The molecule has 0 aromatic heterocycles. The van der Waals surface area contributed by atoms with Crippen molar-refractivity contribution in [3.8, 4) is 5.75 Å². The third-order valence-corrected chi connectivity index (χ3v) is 8.28. The van der Waals surface area contributed by atoms with Crippen LogP contribution in [0.2, 0.25) is 5.02 Å². The van der Waals surface area contributed by atoms with E-state index in [0.717, 1.165) is 48.5 Å². The lowest BCUT2D eigenvalue weighted by Crippen LogP contribution is -2.42. The summed E-state index contributed by atoms with van der Waals surface area (Å²) in [5, 5.41) is 0.363. The van der Waals surface area contributed by atoms with Gasteiger partial charge in [-0.1, -0.05) is 42.3 Å². The van der Waals surface area contributed by atoms with Gasteiger partial charge in [-0.3, -0.25) is 4.72 Å². The van der Waals surface area contributed by atoms with Gasteiger partial charge in [-0.2, -0.15) is 0 Å². The second-order valence-corrected chi connectivity index (χ2v) is 10.8. The molecule has 2 aliphatic rings. The molecule has 3 aromatic rings. The van der Waals surface area contributed by atoms with Crippen LogP contribution in [0.1, 0.15) is 31.2 Å². The Morgan fingerprint density at radius 3 is 2.56 bits per heavy atom. The van der Waals surface area contributed by atoms with Gasteiger partial charge in [0.25, 0.3) is 10.0 Å². The number of methoxy groups -OCH3 is 1. The first kappa shape index (κ1) is 22.9. The van der Waals surface area contributed by atoms with Gasteiger partial charge in [-0.25, -0.2) is 8.42 Å². The Kier molecular flexibility index (Phi) is 6.32. The van der Waals surface area contributed by atoms with Crippen LogP contribution in [-0.2, 0) is 16.6 Å². The maximum Gasteiger partial charge on any atom is 0.262 e. The Bertz CT molecular complexity index is 1280. The van der Waals surface area contributed by atoms with Crippen LogP contribution in [0.15, 0.2) is 71.6 Å². The quantitative estimate of drug-likeness (QED) is 0.461. The molecule has 1 fully saturated rings. The smallest absolute Gasteiger partial charge is 0.262 e. The van der Waals surface area contributed by atoms with Crippen molar-refractivity contribution in [2.24, 2.45) is 0 Å². The molecule has 0 bridgehead atoms. The molecule has 8 heteroatoms. The van der Waals surface area contributed by atoms with Crippen LogP contribution in [-0.4, -0.2) is 28.2 Å². The molecule has 0 unspecified atom stereocenters. The van der Waals surface area contributed by atoms with Crippen molar-refractivity contribution in [1.82, 2.24) is 0 Å². The first-order valence-corrected chi connectivity index (χ1v) is 13.4. The average Bonchev–Trinajstić information content (AvgIpc) is 2.98. The Labute approximate surface area is 206 Å². The van der Waals surface area contributed by atoms with Crippen LogP contribution in [0.25, 0.3) is 0 Å². The van der Waals surface area contributed by atoms with Gasteiger partial charge in [0, 0.05) is 13.1 Å². The molecule has 5 rings (SSSR count). The van der Waals surface area contributed by atoms with Crippen molar-refractivity contribution < 1.29 is 13.2 Å². The normalized spacial score (nSPS) is 17.6.